The minimum atomic E-state index is -3.27. The van der Waals surface area contributed by atoms with Crippen LogP contribution in [0.5, 0.6) is 5.75 Å². The Bertz CT molecular complexity index is 957. The molecule has 28 heavy (non-hydrogen) atoms. The van der Waals surface area contributed by atoms with Gasteiger partial charge in [-0.1, -0.05) is 36.0 Å². The second kappa shape index (κ2) is 8.66. The van der Waals surface area contributed by atoms with E-state index in [4.69, 9.17) is 4.74 Å². The van der Waals surface area contributed by atoms with E-state index in [1.54, 1.807) is 12.1 Å². The van der Waals surface area contributed by atoms with Crippen LogP contribution in [0.4, 0.5) is 10.5 Å². The van der Waals surface area contributed by atoms with Crippen molar-refractivity contribution in [3.8, 4) is 5.75 Å². The Hall–Kier alpha value is -2.52. The van der Waals surface area contributed by atoms with Crippen molar-refractivity contribution < 1.29 is 22.7 Å². The molecule has 3 rings (SSSR count). The molecule has 2 amide bonds. The van der Waals surface area contributed by atoms with E-state index < -0.39 is 10.0 Å². The lowest BCUT2D eigenvalue weighted by atomic mass is 10.1. The van der Waals surface area contributed by atoms with Gasteiger partial charge in [-0.2, -0.15) is 0 Å². The van der Waals surface area contributed by atoms with E-state index in [0.29, 0.717) is 25.1 Å². The molecule has 1 aliphatic heterocycles. The molecule has 148 valence electrons. The molecule has 0 radical (unpaired) electrons. The number of sulfonamides is 1. The minimum absolute atomic E-state index is 0.243. The van der Waals surface area contributed by atoms with Gasteiger partial charge in [0.15, 0.2) is 0 Å². The van der Waals surface area contributed by atoms with Crippen molar-refractivity contribution in [1.82, 2.24) is 5.32 Å². The average molecular weight is 421 g/mol. The van der Waals surface area contributed by atoms with Crippen LogP contribution in [0.1, 0.15) is 11.1 Å². The van der Waals surface area contributed by atoms with Gasteiger partial charge in [-0.15, -0.1) is 0 Å². The summed E-state index contributed by atoms with van der Waals surface area (Å²) >= 11 is 1.02. The first-order chi connectivity index (χ1) is 13.3. The van der Waals surface area contributed by atoms with Crippen LogP contribution in [0.2, 0.25) is 0 Å². The molecular formula is C19H20N2O5S2. The highest BCUT2D eigenvalue weighted by atomic mass is 32.2. The Kier molecular flexibility index (Phi) is 6.25. The third-order valence-corrected chi connectivity index (χ3v) is 5.62. The van der Waals surface area contributed by atoms with Crippen molar-refractivity contribution in [3.05, 3.63) is 59.7 Å². The van der Waals surface area contributed by atoms with E-state index in [0.717, 1.165) is 34.9 Å². The second-order valence-corrected chi connectivity index (χ2v) is 9.32. The molecular weight excluding hydrogens is 400 g/mol. The molecule has 9 heteroatoms. The predicted molar refractivity (Wildman–Crippen MR) is 109 cm³/mol. The number of benzene rings is 2. The molecule has 1 heterocycles. The number of nitrogens with one attached hydrogen (secondary N) is 2. The van der Waals surface area contributed by atoms with Crippen molar-refractivity contribution in [3.63, 3.8) is 0 Å². The molecule has 2 aromatic rings. The number of carbonyl (C=O) groups is 2. The van der Waals surface area contributed by atoms with E-state index in [1.165, 1.54) is 0 Å². The summed E-state index contributed by atoms with van der Waals surface area (Å²) in [6.45, 7) is 0.480. The van der Waals surface area contributed by atoms with Gasteiger partial charge < -0.3 is 4.74 Å². The van der Waals surface area contributed by atoms with Crippen molar-refractivity contribution in [2.75, 3.05) is 17.6 Å². The van der Waals surface area contributed by atoms with Crippen LogP contribution in [-0.4, -0.2) is 37.7 Å². The summed E-state index contributed by atoms with van der Waals surface area (Å²) in [7, 11) is -3.27. The van der Waals surface area contributed by atoms with E-state index >= 15 is 0 Å². The van der Waals surface area contributed by atoms with Crippen LogP contribution in [-0.2, 0) is 27.7 Å². The van der Waals surface area contributed by atoms with Crippen molar-refractivity contribution in [2.45, 2.75) is 18.1 Å². The summed E-state index contributed by atoms with van der Waals surface area (Å²) in [4.78, 5) is 22.8. The lowest BCUT2D eigenvalue weighted by Crippen LogP contribution is -2.25. The Labute approximate surface area is 167 Å². The number of anilines is 1. The fourth-order valence-corrected chi connectivity index (χ4v) is 4.13. The maximum atomic E-state index is 11.6. The van der Waals surface area contributed by atoms with Gasteiger partial charge >= 0.3 is 0 Å². The van der Waals surface area contributed by atoms with E-state index in [2.05, 4.69) is 10.0 Å². The average Bonchev–Trinajstić information content (AvgIpc) is 2.94. The van der Waals surface area contributed by atoms with Gasteiger partial charge in [-0.3, -0.25) is 19.6 Å². The summed E-state index contributed by atoms with van der Waals surface area (Å²) < 4.78 is 30.6. The number of hydrogen-bond donors (Lipinski definition) is 2. The van der Waals surface area contributed by atoms with Gasteiger partial charge in [0.2, 0.25) is 15.9 Å². The lowest BCUT2D eigenvalue weighted by molar-refractivity contribution is -0.118. The lowest BCUT2D eigenvalue weighted by Gasteiger charge is -2.09. The number of carbonyl (C=O) groups excluding carboxylic acids is 2. The van der Waals surface area contributed by atoms with Gasteiger partial charge in [0, 0.05) is 12.1 Å². The van der Waals surface area contributed by atoms with Gasteiger partial charge in [0.25, 0.3) is 5.24 Å². The van der Waals surface area contributed by atoms with Crippen LogP contribution >= 0.6 is 11.8 Å². The monoisotopic (exact) mass is 420 g/mol. The molecule has 0 aliphatic carbocycles. The highest BCUT2D eigenvalue weighted by molar-refractivity contribution is 8.15. The molecule has 1 atom stereocenters. The first-order valence-electron chi connectivity index (χ1n) is 8.58. The molecule has 2 aromatic carbocycles. The number of hydrogen-bond acceptors (Lipinski definition) is 6. The van der Waals surface area contributed by atoms with Crippen LogP contribution < -0.4 is 14.8 Å². The summed E-state index contributed by atoms with van der Waals surface area (Å²) in [6, 6.07) is 14.6. The fourth-order valence-electron chi connectivity index (χ4n) is 2.70. The summed E-state index contributed by atoms with van der Waals surface area (Å²) in [5.41, 5.74) is 2.52. The standard InChI is InChI=1S/C19H20N2O5S2/c1-28(24,25)21-15-6-2-13(3-7-15)10-11-26-16-8-4-14(5-9-16)12-17-18(22)20-19(23)27-17/h2-9,17,21H,10-12H2,1H3,(H,20,22,23). The zero-order valence-electron chi connectivity index (χ0n) is 15.2. The first-order valence-corrected chi connectivity index (χ1v) is 11.4. The zero-order valence-corrected chi connectivity index (χ0v) is 16.8. The van der Waals surface area contributed by atoms with Gasteiger partial charge in [-0.05, 0) is 41.8 Å². The quantitative estimate of drug-likeness (QED) is 0.681. The molecule has 0 saturated carbocycles. The number of rotatable bonds is 8. The highest BCUT2D eigenvalue weighted by Crippen LogP contribution is 2.24. The molecule has 0 spiro atoms. The van der Waals surface area contributed by atoms with E-state index in [1.807, 2.05) is 36.4 Å². The maximum absolute atomic E-state index is 11.6. The number of ether oxygens (including phenoxy) is 1. The van der Waals surface area contributed by atoms with Crippen molar-refractivity contribution >= 4 is 38.6 Å². The van der Waals surface area contributed by atoms with Crippen LogP contribution in [0, 0.1) is 0 Å². The molecule has 1 unspecified atom stereocenters. The molecule has 1 saturated heterocycles. The molecule has 0 bridgehead atoms. The summed E-state index contributed by atoms with van der Waals surface area (Å²) in [5, 5.41) is 1.61. The van der Waals surface area contributed by atoms with Crippen LogP contribution in [0.15, 0.2) is 48.5 Å². The van der Waals surface area contributed by atoms with Crippen LogP contribution in [0.3, 0.4) is 0 Å². The molecule has 1 aliphatic rings. The van der Waals surface area contributed by atoms with Crippen molar-refractivity contribution in [2.24, 2.45) is 0 Å². The Morgan fingerprint density at radius 1 is 1.04 bits per heavy atom. The number of amides is 2. The molecule has 7 nitrogen and oxygen atoms in total. The van der Waals surface area contributed by atoms with Crippen molar-refractivity contribution in [1.29, 1.82) is 0 Å². The van der Waals surface area contributed by atoms with E-state index in [-0.39, 0.29) is 16.4 Å². The minimum Gasteiger partial charge on any atom is -0.493 e. The second-order valence-electron chi connectivity index (χ2n) is 6.40. The van der Waals surface area contributed by atoms with E-state index in [9.17, 15) is 18.0 Å². The van der Waals surface area contributed by atoms with Gasteiger partial charge in [-0.25, -0.2) is 8.42 Å². The highest BCUT2D eigenvalue weighted by Gasteiger charge is 2.31. The topological polar surface area (TPSA) is 102 Å². The normalized spacial score (nSPS) is 16.7. The molecule has 1 fully saturated rings. The molecule has 0 aromatic heterocycles. The first kappa shape index (κ1) is 20.2. The van der Waals surface area contributed by atoms with Crippen LogP contribution in [0.25, 0.3) is 0 Å². The summed E-state index contributed by atoms with van der Waals surface area (Å²) in [6.07, 6.45) is 2.29. The van der Waals surface area contributed by atoms with Gasteiger partial charge in [0.05, 0.1) is 18.1 Å². The fraction of sp³-hybridized carbons (Fsp3) is 0.263. The SMILES string of the molecule is CS(=O)(=O)Nc1ccc(CCOc2ccc(CC3SC(=O)NC3=O)cc2)cc1. The Morgan fingerprint density at radius 3 is 2.25 bits per heavy atom. The maximum Gasteiger partial charge on any atom is 0.286 e. The Morgan fingerprint density at radius 2 is 1.68 bits per heavy atom. The largest absolute Gasteiger partial charge is 0.493 e. The molecule has 2 N–H and O–H groups in total. The summed E-state index contributed by atoms with van der Waals surface area (Å²) in [5.74, 6) is 0.479. The third-order valence-electron chi connectivity index (χ3n) is 4.03. The number of thioether (sulfide) groups is 1. The zero-order chi connectivity index (χ0) is 20.1. The Balaban J connectivity index is 1.46. The van der Waals surface area contributed by atoms with Gasteiger partial charge in [0.1, 0.15) is 5.75 Å². The number of imide groups is 1. The predicted octanol–water partition coefficient (Wildman–Crippen LogP) is 2.57. The third kappa shape index (κ3) is 6.00. The smallest absolute Gasteiger partial charge is 0.286 e.